The van der Waals surface area contributed by atoms with Crippen molar-refractivity contribution in [3.63, 3.8) is 0 Å². The van der Waals surface area contributed by atoms with Crippen LogP contribution in [0.1, 0.15) is 71.6 Å². The van der Waals surface area contributed by atoms with Crippen LogP contribution in [-0.2, 0) is 0 Å². The van der Waals surface area contributed by atoms with E-state index in [1.807, 2.05) is 0 Å². The van der Waals surface area contributed by atoms with Crippen LogP contribution in [0.15, 0.2) is 0 Å². The third-order valence-electron chi connectivity index (χ3n) is 7.70. The molecule has 2 aliphatic carbocycles. The Morgan fingerprint density at radius 1 is 1.09 bits per heavy atom. The van der Waals surface area contributed by atoms with Crippen molar-refractivity contribution in [3.8, 4) is 0 Å². The summed E-state index contributed by atoms with van der Waals surface area (Å²) in [5.41, 5.74) is 1.45. The predicted molar refractivity (Wildman–Crippen MR) is 99.7 cm³/mol. The number of likely N-dealkylation sites (tertiary alicyclic amines) is 1. The van der Waals surface area contributed by atoms with Crippen LogP contribution < -0.4 is 0 Å². The summed E-state index contributed by atoms with van der Waals surface area (Å²) in [6.45, 7) is 10.3. The van der Waals surface area contributed by atoms with Gasteiger partial charge in [-0.2, -0.15) is 0 Å². The number of rotatable bonds is 5. The molecular formula is C21H40N2. The van der Waals surface area contributed by atoms with Crippen LogP contribution in [0.2, 0.25) is 0 Å². The maximum atomic E-state index is 2.77. The zero-order valence-electron chi connectivity index (χ0n) is 16.2. The van der Waals surface area contributed by atoms with Crippen LogP contribution >= 0.6 is 0 Å². The van der Waals surface area contributed by atoms with E-state index in [1.165, 1.54) is 71.1 Å². The Balaban J connectivity index is 1.51. The summed E-state index contributed by atoms with van der Waals surface area (Å²) in [5, 5.41) is 0. The molecule has 2 saturated carbocycles. The Morgan fingerprint density at radius 3 is 2.48 bits per heavy atom. The zero-order valence-corrected chi connectivity index (χ0v) is 16.2. The number of hydrogen-bond donors (Lipinski definition) is 0. The molecule has 1 aliphatic heterocycles. The second-order valence-electron chi connectivity index (χ2n) is 9.70. The van der Waals surface area contributed by atoms with Crippen molar-refractivity contribution in [2.24, 2.45) is 22.7 Å². The van der Waals surface area contributed by atoms with Gasteiger partial charge in [-0.15, -0.1) is 0 Å². The highest BCUT2D eigenvalue weighted by molar-refractivity contribution is 5.02. The largest absolute Gasteiger partial charge is 0.309 e. The van der Waals surface area contributed by atoms with Gasteiger partial charge in [-0.3, -0.25) is 0 Å². The Bertz CT molecular complexity index is 381. The molecule has 0 amide bonds. The highest BCUT2D eigenvalue weighted by atomic mass is 15.2. The van der Waals surface area contributed by atoms with E-state index in [2.05, 4.69) is 37.7 Å². The topological polar surface area (TPSA) is 6.48 Å². The van der Waals surface area contributed by atoms with E-state index in [9.17, 15) is 0 Å². The van der Waals surface area contributed by atoms with Crippen LogP contribution in [-0.4, -0.2) is 50.1 Å². The maximum Gasteiger partial charge on any atom is 0.00385 e. The van der Waals surface area contributed by atoms with Gasteiger partial charge in [-0.1, -0.05) is 20.3 Å². The van der Waals surface area contributed by atoms with Crippen molar-refractivity contribution in [1.82, 2.24) is 9.80 Å². The van der Waals surface area contributed by atoms with Gasteiger partial charge >= 0.3 is 0 Å². The average molecular weight is 321 g/mol. The minimum absolute atomic E-state index is 0.702. The maximum absolute atomic E-state index is 2.77. The van der Waals surface area contributed by atoms with E-state index in [1.54, 1.807) is 12.8 Å². The lowest BCUT2D eigenvalue weighted by molar-refractivity contribution is 0.0468. The third kappa shape index (κ3) is 3.79. The van der Waals surface area contributed by atoms with Gasteiger partial charge in [0, 0.05) is 6.54 Å². The molecule has 1 heterocycles. The molecule has 0 bridgehead atoms. The van der Waals surface area contributed by atoms with Crippen molar-refractivity contribution in [2.45, 2.75) is 71.6 Å². The lowest BCUT2D eigenvalue weighted by atomic mass is 9.59. The first-order valence-corrected chi connectivity index (χ1v) is 10.3. The molecule has 23 heavy (non-hydrogen) atoms. The monoisotopic (exact) mass is 320 g/mol. The molecule has 0 aromatic rings. The molecule has 2 spiro atoms. The van der Waals surface area contributed by atoms with Crippen LogP contribution in [0.3, 0.4) is 0 Å². The normalized spacial score (nSPS) is 41.6. The fourth-order valence-electron chi connectivity index (χ4n) is 6.41. The van der Waals surface area contributed by atoms with E-state index in [4.69, 9.17) is 0 Å². The molecule has 0 N–H and O–H groups in total. The van der Waals surface area contributed by atoms with Gasteiger partial charge in [0.05, 0.1) is 0 Å². The molecule has 2 heteroatoms. The van der Waals surface area contributed by atoms with Gasteiger partial charge in [-0.25, -0.2) is 0 Å². The van der Waals surface area contributed by atoms with Crippen molar-refractivity contribution in [1.29, 1.82) is 0 Å². The Hall–Kier alpha value is -0.0800. The summed E-state index contributed by atoms with van der Waals surface area (Å²) < 4.78 is 0. The highest BCUT2D eigenvalue weighted by Crippen LogP contribution is 2.60. The molecule has 2 atom stereocenters. The number of nitrogens with zero attached hydrogens (tertiary/aromatic N) is 2. The van der Waals surface area contributed by atoms with Gasteiger partial charge in [0.25, 0.3) is 0 Å². The van der Waals surface area contributed by atoms with Gasteiger partial charge in [0.15, 0.2) is 0 Å². The quantitative estimate of drug-likeness (QED) is 0.727. The van der Waals surface area contributed by atoms with E-state index in [0.717, 1.165) is 17.3 Å². The van der Waals surface area contributed by atoms with Crippen molar-refractivity contribution >= 4 is 0 Å². The third-order valence-corrected chi connectivity index (χ3v) is 7.70. The second kappa shape index (κ2) is 7.04. The summed E-state index contributed by atoms with van der Waals surface area (Å²) in [4.78, 5) is 5.10. The summed E-state index contributed by atoms with van der Waals surface area (Å²) in [5.74, 6) is 2.02. The molecule has 2 nitrogen and oxygen atoms in total. The summed E-state index contributed by atoms with van der Waals surface area (Å²) in [6.07, 6.45) is 13.4. The van der Waals surface area contributed by atoms with Crippen LogP contribution in [0.5, 0.6) is 0 Å². The Morgan fingerprint density at radius 2 is 1.83 bits per heavy atom. The lowest BCUT2D eigenvalue weighted by Gasteiger charge is -2.46. The zero-order chi connectivity index (χ0) is 16.5. The van der Waals surface area contributed by atoms with Crippen molar-refractivity contribution in [3.05, 3.63) is 0 Å². The number of hydrogen-bond acceptors (Lipinski definition) is 2. The van der Waals surface area contributed by atoms with Crippen LogP contribution in [0.4, 0.5) is 0 Å². The Labute approximate surface area is 145 Å². The van der Waals surface area contributed by atoms with Gasteiger partial charge in [0.1, 0.15) is 0 Å². The molecule has 1 unspecified atom stereocenters. The van der Waals surface area contributed by atoms with Gasteiger partial charge < -0.3 is 9.80 Å². The van der Waals surface area contributed by atoms with E-state index >= 15 is 0 Å². The van der Waals surface area contributed by atoms with E-state index in [-0.39, 0.29) is 0 Å². The lowest BCUT2D eigenvalue weighted by Crippen LogP contribution is -2.38. The summed E-state index contributed by atoms with van der Waals surface area (Å²) in [6, 6.07) is 0. The first kappa shape index (κ1) is 17.7. The molecule has 0 aromatic heterocycles. The molecule has 3 fully saturated rings. The van der Waals surface area contributed by atoms with Crippen molar-refractivity contribution in [2.75, 3.05) is 40.3 Å². The standard InChI is InChI=1S/C21H40N2/c1-5-19-15-18(2)16-21(19)9-7-20(8-10-21)11-14-23(17-20)13-6-12-22(3)4/h18-19H,5-17H2,1-4H3/t18?,19-,20?,21?/m1/s1. The molecule has 3 rings (SSSR count). The Kier molecular flexibility index (Phi) is 5.43. The second-order valence-corrected chi connectivity index (χ2v) is 9.70. The van der Waals surface area contributed by atoms with Gasteiger partial charge in [0.2, 0.25) is 0 Å². The molecular weight excluding hydrogens is 280 g/mol. The smallest absolute Gasteiger partial charge is 0.00385 e. The fourth-order valence-corrected chi connectivity index (χ4v) is 6.41. The predicted octanol–water partition coefficient (Wildman–Crippen LogP) is 4.65. The molecule has 0 radical (unpaired) electrons. The van der Waals surface area contributed by atoms with Gasteiger partial charge in [-0.05, 0) is 108 Å². The summed E-state index contributed by atoms with van der Waals surface area (Å²) >= 11 is 0. The average Bonchev–Trinajstić information content (AvgIpc) is 3.04. The molecule has 1 saturated heterocycles. The van der Waals surface area contributed by atoms with Crippen LogP contribution in [0.25, 0.3) is 0 Å². The SMILES string of the molecule is CC[C@@H]1CC(C)CC12CCC1(CCN(CCCN(C)C)C1)CC2. The minimum atomic E-state index is 0.702. The van der Waals surface area contributed by atoms with E-state index in [0.29, 0.717) is 5.41 Å². The van der Waals surface area contributed by atoms with Crippen molar-refractivity contribution < 1.29 is 0 Å². The first-order chi connectivity index (χ1) is 11.0. The first-order valence-electron chi connectivity index (χ1n) is 10.3. The molecule has 134 valence electrons. The minimum Gasteiger partial charge on any atom is -0.309 e. The van der Waals surface area contributed by atoms with Crippen LogP contribution in [0, 0.1) is 22.7 Å². The fraction of sp³-hybridized carbons (Fsp3) is 1.00. The molecule has 3 aliphatic rings. The highest BCUT2D eigenvalue weighted by Gasteiger charge is 2.51. The summed E-state index contributed by atoms with van der Waals surface area (Å²) in [7, 11) is 4.39. The molecule has 0 aromatic carbocycles. The van der Waals surface area contributed by atoms with E-state index < -0.39 is 0 Å².